The lowest BCUT2D eigenvalue weighted by molar-refractivity contribution is -0.138. The van der Waals surface area contributed by atoms with Crippen molar-refractivity contribution < 1.29 is 35.8 Å². The molecule has 0 amide bonds. The summed E-state index contributed by atoms with van der Waals surface area (Å²) in [5.41, 5.74) is -3.36. The Morgan fingerprint density at radius 2 is 1.26 bits per heavy atom. The second-order valence-corrected chi connectivity index (χ2v) is 6.69. The van der Waals surface area contributed by atoms with Crippen LogP contribution in [0.1, 0.15) is 11.1 Å². The zero-order chi connectivity index (χ0) is 23.0. The van der Waals surface area contributed by atoms with Gasteiger partial charge in [-0.2, -0.15) is 31.3 Å². The molecule has 0 saturated heterocycles. The number of nitrogens with zero attached hydrogens (tertiary/aromatic N) is 1. The number of nitrogens with one attached hydrogen (secondary N) is 1. The van der Waals surface area contributed by atoms with Crippen LogP contribution in [-0.4, -0.2) is 9.97 Å². The van der Waals surface area contributed by atoms with Crippen molar-refractivity contribution in [3.05, 3.63) is 74.1 Å². The molecule has 0 atom stereocenters. The average molecular weight is 485 g/mol. The van der Waals surface area contributed by atoms with E-state index in [1.165, 1.54) is 0 Å². The fraction of sp³-hybridized carbons (Fsp3) is 0.111. The number of aromatic nitrogens is 2. The molecule has 164 valence electrons. The molecule has 13 heteroatoms. The molecule has 0 fully saturated rings. The maximum absolute atomic E-state index is 13.0. The number of hydrogen-bond acceptors (Lipinski definition) is 4. The Balaban J connectivity index is 1.89. The smallest absolute Gasteiger partial charge is 0.417 e. The van der Waals surface area contributed by atoms with E-state index in [1.807, 2.05) is 0 Å². The van der Waals surface area contributed by atoms with Crippen LogP contribution in [0.25, 0.3) is 0 Å². The van der Waals surface area contributed by atoms with Gasteiger partial charge in [0.1, 0.15) is 11.5 Å². The van der Waals surface area contributed by atoms with Gasteiger partial charge in [0.25, 0.3) is 0 Å². The summed E-state index contributed by atoms with van der Waals surface area (Å²) >= 11 is 11.1. The van der Waals surface area contributed by atoms with Crippen molar-refractivity contribution in [1.82, 2.24) is 9.97 Å². The first-order valence-corrected chi connectivity index (χ1v) is 8.79. The second kappa shape index (κ2) is 8.31. The Morgan fingerprint density at radius 1 is 0.774 bits per heavy atom. The van der Waals surface area contributed by atoms with Crippen LogP contribution in [0.2, 0.25) is 10.0 Å². The first-order valence-electron chi connectivity index (χ1n) is 8.03. The highest BCUT2D eigenvalue weighted by Gasteiger charge is 2.34. The van der Waals surface area contributed by atoms with Crippen LogP contribution in [0.4, 0.5) is 26.3 Å². The van der Waals surface area contributed by atoms with E-state index >= 15 is 0 Å². The highest BCUT2D eigenvalue weighted by molar-refractivity contribution is 6.31. The Kier molecular flexibility index (Phi) is 6.10. The number of benzene rings is 2. The van der Waals surface area contributed by atoms with E-state index in [1.54, 1.807) is 0 Å². The van der Waals surface area contributed by atoms with Gasteiger partial charge in [-0.1, -0.05) is 23.2 Å². The topological polar surface area (TPSA) is 64.2 Å². The highest BCUT2D eigenvalue weighted by Crippen LogP contribution is 2.39. The lowest BCUT2D eigenvalue weighted by Gasteiger charge is -2.13. The molecule has 5 nitrogen and oxygen atoms in total. The molecule has 0 unspecified atom stereocenters. The number of alkyl halides is 6. The average Bonchev–Trinajstić information content (AvgIpc) is 2.62. The number of halogens is 8. The molecule has 2 aromatic carbocycles. The van der Waals surface area contributed by atoms with Gasteiger partial charge in [-0.05, 0) is 36.4 Å². The summed E-state index contributed by atoms with van der Waals surface area (Å²) in [6.45, 7) is 0. The summed E-state index contributed by atoms with van der Waals surface area (Å²) in [6.07, 6.45) is -9.50. The van der Waals surface area contributed by atoms with Gasteiger partial charge < -0.3 is 9.47 Å². The molecule has 1 heterocycles. The molecular weight excluding hydrogens is 477 g/mol. The maximum Gasteiger partial charge on any atom is 0.417 e. The normalized spacial score (nSPS) is 12.0. The minimum absolute atomic E-state index is 0.324. The van der Waals surface area contributed by atoms with Gasteiger partial charge in [-0.15, -0.1) is 0 Å². The molecule has 0 bridgehead atoms. The molecule has 0 aliphatic heterocycles. The van der Waals surface area contributed by atoms with Crippen molar-refractivity contribution in [1.29, 1.82) is 0 Å². The quantitative estimate of drug-likeness (QED) is 0.418. The minimum atomic E-state index is -4.75. The van der Waals surface area contributed by atoms with Crippen molar-refractivity contribution in [2.24, 2.45) is 0 Å². The SMILES string of the molecule is O=c1nc(Oc2ccc(Cl)c(C(F)(F)F)c2)cc(Oc2ccc(Cl)c(C(F)(F)F)c2)[nH]1. The third kappa shape index (κ3) is 5.61. The van der Waals surface area contributed by atoms with E-state index in [0.29, 0.717) is 12.1 Å². The molecule has 0 radical (unpaired) electrons. The Labute approximate surface area is 179 Å². The zero-order valence-electron chi connectivity index (χ0n) is 14.7. The summed E-state index contributed by atoms with van der Waals surface area (Å²) in [4.78, 5) is 17.3. The minimum Gasteiger partial charge on any atom is -0.441 e. The predicted octanol–water partition coefficient (Wildman–Crippen LogP) is 6.70. The molecule has 31 heavy (non-hydrogen) atoms. The van der Waals surface area contributed by atoms with E-state index in [2.05, 4.69) is 9.97 Å². The number of rotatable bonds is 4. The monoisotopic (exact) mass is 484 g/mol. The molecular formula is C18H8Cl2F6N2O3. The van der Waals surface area contributed by atoms with E-state index in [0.717, 1.165) is 30.3 Å². The largest absolute Gasteiger partial charge is 0.441 e. The van der Waals surface area contributed by atoms with Crippen LogP contribution >= 0.6 is 23.2 Å². The van der Waals surface area contributed by atoms with Crippen molar-refractivity contribution >= 4 is 23.2 Å². The molecule has 3 rings (SSSR count). The number of aromatic amines is 1. The fourth-order valence-corrected chi connectivity index (χ4v) is 2.79. The van der Waals surface area contributed by atoms with E-state index in [9.17, 15) is 31.1 Å². The van der Waals surface area contributed by atoms with Crippen LogP contribution in [0.5, 0.6) is 23.3 Å². The van der Waals surface area contributed by atoms with Crippen LogP contribution in [-0.2, 0) is 12.4 Å². The van der Waals surface area contributed by atoms with Crippen molar-refractivity contribution in [2.75, 3.05) is 0 Å². The second-order valence-electron chi connectivity index (χ2n) is 5.87. The molecule has 1 N–H and O–H groups in total. The molecule has 0 aliphatic rings. The molecule has 1 aromatic heterocycles. The fourth-order valence-electron chi connectivity index (χ4n) is 2.34. The van der Waals surface area contributed by atoms with Gasteiger partial charge in [0.2, 0.25) is 11.8 Å². The van der Waals surface area contributed by atoms with E-state index in [-0.39, 0.29) is 17.4 Å². The van der Waals surface area contributed by atoms with Gasteiger partial charge in [-0.25, -0.2) is 4.79 Å². The summed E-state index contributed by atoms with van der Waals surface area (Å²) in [7, 11) is 0. The number of H-pyrrole nitrogens is 1. The lowest BCUT2D eigenvalue weighted by Crippen LogP contribution is -2.12. The Morgan fingerprint density at radius 3 is 1.74 bits per heavy atom. The van der Waals surface area contributed by atoms with Gasteiger partial charge in [0.05, 0.1) is 27.2 Å². The van der Waals surface area contributed by atoms with Crippen molar-refractivity contribution in [3.8, 4) is 23.3 Å². The number of hydrogen-bond donors (Lipinski definition) is 1. The summed E-state index contributed by atoms with van der Waals surface area (Å²) in [5, 5.41) is -1.12. The van der Waals surface area contributed by atoms with Crippen LogP contribution in [0.3, 0.4) is 0 Å². The first kappa shape index (κ1) is 22.8. The first-order chi connectivity index (χ1) is 14.3. The molecule has 0 saturated carbocycles. The van der Waals surface area contributed by atoms with E-state index in [4.69, 9.17) is 32.7 Å². The van der Waals surface area contributed by atoms with Crippen molar-refractivity contribution in [2.45, 2.75) is 12.4 Å². The third-order valence-corrected chi connectivity index (χ3v) is 4.29. The van der Waals surface area contributed by atoms with E-state index < -0.39 is 45.1 Å². The molecule has 0 aliphatic carbocycles. The van der Waals surface area contributed by atoms with Crippen molar-refractivity contribution in [3.63, 3.8) is 0 Å². The van der Waals surface area contributed by atoms with Crippen LogP contribution in [0, 0.1) is 0 Å². The zero-order valence-corrected chi connectivity index (χ0v) is 16.2. The lowest BCUT2D eigenvalue weighted by atomic mass is 10.2. The van der Waals surface area contributed by atoms with Gasteiger partial charge in [0.15, 0.2) is 0 Å². The summed E-state index contributed by atoms with van der Waals surface area (Å²) in [5.74, 6) is -1.52. The molecule has 3 aromatic rings. The van der Waals surface area contributed by atoms with Gasteiger partial charge >= 0.3 is 18.0 Å². The Hall–Kier alpha value is -2.92. The van der Waals surface area contributed by atoms with Gasteiger partial charge in [-0.3, -0.25) is 4.98 Å². The Bertz CT molecular complexity index is 1090. The number of ether oxygens (including phenoxy) is 2. The van der Waals surface area contributed by atoms with Crippen LogP contribution < -0.4 is 15.2 Å². The molecule has 0 spiro atoms. The summed E-state index contributed by atoms with van der Waals surface area (Å²) in [6, 6.07) is 6.28. The van der Waals surface area contributed by atoms with Gasteiger partial charge in [0, 0.05) is 0 Å². The summed E-state index contributed by atoms with van der Waals surface area (Å²) < 4.78 is 88.1. The highest BCUT2D eigenvalue weighted by atomic mass is 35.5. The standard InChI is InChI=1S/C18H8Cl2F6N2O3/c19-12-3-1-8(5-10(12)17(21,22)23)30-14-7-15(28-16(29)27-14)31-9-2-4-13(20)11(6-9)18(24,25)26/h1-7H,(H,27,28,29). The maximum atomic E-state index is 13.0. The van der Waals surface area contributed by atoms with Crippen LogP contribution in [0.15, 0.2) is 47.3 Å². The third-order valence-electron chi connectivity index (χ3n) is 3.63. The predicted molar refractivity (Wildman–Crippen MR) is 97.9 cm³/mol.